The van der Waals surface area contributed by atoms with Gasteiger partial charge in [-0.3, -0.25) is 0 Å². The summed E-state index contributed by atoms with van der Waals surface area (Å²) >= 11 is 0. The third-order valence-electron chi connectivity index (χ3n) is 3.50. The number of aliphatic hydroxyl groups excluding tert-OH is 1. The van der Waals surface area contributed by atoms with E-state index >= 15 is 0 Å². The van der Waals surface area contributed by atoms with Crippen molar-refractivity contribution in [1.29, 1.82) is 0 Å². The van der Waals surface area contributed by atoms with E-state index in [2.05, 4.69) is 20.8 Å². The Morgan fingerprint density at radius 1 is 0.950 bits per heavy atom. The maximum Gasteiger partial charge on any atom is 0.0788 e. The molecule has 0 fully saturated rings. The van der Waals surface area contributed by atoms with Crippen molar-refractivity contribution in [2.75, 3.05) is 19.8 Å². The summed E-state index contributed by atoms with van der Waals surface area (Å²) < 4.78 is 17.3. The number of ether oxygens (including phenoxy) is 3. The molecule has 0 saturated carbocycles. The molecule has 4 heteroatoms. The average Bonchev–Trinajstić information content (AvgIpc) is 2.42. The number of aliphatic hydroxyl groups is 1. The van der Waals surface area contributed by atoms with Crippen molar-refractivity contribution in [2.45, 2.75) is 84.7 Å². The monoisotopic (exact) mass is 290 g/mol. The lowest BCUT2D eigenvalue weighted by Gasteiger charge is -2.32. The zero-order chi connectivity index (χ0) is 15.6. The van der Waals surface area contributed by atoms with Gasteiger partial charge in [0.1, 0.15) is 0 Å². The van der Waals surface area contributed by atoms with E-state index in [1.54, 1.807) is 0 Å². The van der Waals surface area contributed by atoms with E-state index in [4.69, 9.17) is 19.3 Å². The molecule has 4 unspecified atom stereocenters. The molecule has 0 rings (SSSR count). The lowest BCUT2D eigenvalue weighted by atomic mass is 9.97. The highest BCUT2D eigenvalue weighted by Gasteiger charge is 2.24. The van der Waals surface area contributed by atoms with E-state index in [1.807, 2.05) is 20.8 Å². The molecule has 122 valence electrons. The molecule has 0 spiro atoms. The molecular weight excluding hydrogens is 256 g/mol. The van der Waals surface area contributed by atoms with Gasteiger partial charge >= 0.3 is 0 Å². The molecule has 0 saturated heterocycles. The largest absolute Gasteiger partial charge is 0.394 e. The molecule has 0 aromatic carbocycles. The zero-order valence-electron chi connectivity index (χ0n) is 14.1. The van der Waals surface area contributed by atoms with E-state index < -0.39 is 0 Å². The number of rotatable bonds is 12. The Bertz CT molecular complexity index is 235. The smallest absolute Gasteiger partial charge is 0.0788 e. The molecule has 0 amide bonds. The third-order valence-corrected chi connectivity index (χ3v) is 3.50. The fourth-order valence-corrected chi connectivity index (χ4v) is 2.07. The first-order chi connectivity index (χ1) is 9.36. The van der Waals surface area contributed by atoms with Crippen molar-refractivity contribution in [3.63, 3.8) is 0 Å². The van der Waals surface area contributed by atoms with Crippen LogP contribution in [-0.2, 0) is 14.2 Å². The number of hydrogen-bond acceptors (Lipinski definition) is 4. The Balaban J connectivity index is 3.94. The summed E-state index contributed by atoms with van der Waals surface area (Å²) in [5, 5.41) is 8.89. The first-order valence-electron chi connectivity index (χ1n) is 7.88. The third kappa shape index (κ3) is 8.90. The molecule has 0 aliphatic rings. The van der Waals surface area contributed by atoms with Gasteiger partial charge in [-0.25, -0.2) is 0 Å². The maximum absolute atomic E-state index is 8.89. The van der Waals surface area contributed by atoms with Gasteiger partial charge in [0.05, 0.1) is 43.7 Å². The first-order valence-corrected chi connectivity index (χ1v) is 7.88. The van der Waals surface area contributed by atoms with E-state index in [1.165, 1.54) is 0 Å². The second-order valence-electron chi connectivity index (χ2n) is 5.95. The summed E-state index contributed by atoms with van der Waals surface area (Å²) in [6, 6.07) is 0. The summed E-state index contributed by atoms with van der Waals surface area (Å²) in [5.41, 5.74) is -0.0529. The highest BCUT2D eigenvalue weighted by Crippen LogP contribution is 2.23. The molecule has 0 aliphatic heterocycles. The van der Waals surface area contributed by atoms with Crippen LogP contribution in [0.2, 0.25) is 0 Å². The maximum atomic E-state index is 8.89. The Morgan fingerprint density at radius 2 is 1.50 bits per heavy atom. The summed E-state index contributed by atoms with van der Waals surface area (Å²) in [6.07, 6.45) is 3.15. The molecule has 0 aromatic rings. The lowest BCUT2D eigenvalue weighted by Crippen LogP contribution is -2.35. The van der Waals surface area contributed by atoms with E-state index in [0.717, 1.165) is 19.3 Å². The first kappa shape index (κ1) is 19.8. The molecule has 20 heavy (non-hydrogen) atoms. The standard InChI is InChI=1S/C16H34O4/c1-7-9-16(6,8-2)20-15(5)12-19-14(4)11-18-13(3)10-17/h13-15,17H,7-12H2,1-6H3. The molecule has 1 N–H and O–H groups in total. The SMILES string of the molecule is CCCC(C)(CC)OC(C)COC(C)COC(C)CO. The van der Waals surface area contributed by atoms with Crippen LogP contribution < -0.4 is 0 Å². The van der Waals surface area contributed by atoms with Gasteiger partial charge in [-0.05, 0) is 40.5 Å². The average molecular weight is 290 g/mol. The van der Waals surface area contributed by atoms with Crippen LogP contribution in [-0.4, -0.2) is 48.8 Å². The van der Waals surface area contributed by atoms with Crippen molar-refractivity contribution in [3.8, 4) is 0 Å². The molecule has 0 aliphatic carbocycles. The Kier molecular flexibility index (Phi) is 10.5. The normalized spacial score (nSPS) is 19.4. The minimum Gasteiger partial charge on any atom is -0.394 e. The van der Waals surface area contributed by atoms with Crippen molar-refractivity contribution >= 4 is 0 Å². The molecule has 0 bridgehead atoms. The Hall–Kier alpha value is -0.160. The van der Waals surface area contributed by atoms with Gasteiger partial charge in [0.15, 0.2) is 0 Å². The van der Waals surface area contributed by atoms with Gasteiger partial charge in [0.2, 0.25) is 0 Å². The Labute approximate surface area is 124 Å². The second-order valence-corrected chi connectivity index (χ2v) is 5.95. The van der Waals surface area contributed by atoms with Gasteiger partial charge in [-0.1, -0.05) is 20.3 Å². The zero-order valence-corrected chi connectivity index (χ0v) is 14.1. The fraction of sp³-hybridized carbons (Fsp3) is 1.00. The predicted octanol–water partition coefficient (Wildman–Crippen LogP) is 3.16. The van der Waals surface area contributed by atoms with E-state index in [-0.39, 0.29) is 30.5 Å². The lowest BCUT2D eigenvalue weighted by molar-refractivity contribution is -0.126. The van der Waals surface area contributed by atoms with Crippen molar-refractivity contribution < 1.29 is 19.3 Å². The minimum absolute atomic E-state index is 0.00843. The van der Waals surface area contributed by atoms with E-state index in [9.17, 15) is 0 Å². The molecular formula is C16H34O4. The van der Waals surface area contributed by atoms with Crippen LogP contribution in [0.5, 0.6) is 0 Å². The van der Waals surface area contributed by atoms with Crippen LogP contribution in [0.4, 0.5) is 0 Å². The summed E-state index contributed by atoms with van der Waals surface area (Å²) in [6.45, 7) is 13.5. The van der Waals surface area contributed by atoms with Crippen LogP contribution in [0, 0.1) is 0 Å². The molecule has 0 heterocycles. The van der Waals surface area contributed by atoms with E-state index in [0.29, 0.717) is 13.2 Å². The van der Waals surface area contributed by atoms with Gasteiger partial charge in [-0.2, -0.15) is 0 Å². The highest BCUT2D eigenvalue weighted by atomic mass is 16.6. The van der Waals surface area contributed by atoms with Crippen molar-refractivity contribution in [1.82, 2.24) is 0 Å². The summed E-state index contributed by atoms with van der Waals surface area (Å²) in [7, 11) is 0. The van der Waals surface area contributed by atoms with Gasteiger partial charge in [-0.15, -0.1) is 0 Å². The highest BCUT2D eigenvalue weighted by molar-refractivity contribution is 4.74. The van der Waals surface area contributed by atoms with Crippen molar-refractivity contribution in [3.05, 3.63) is 0 Å². The van der Waals surface area contributed by atoms with Crippen LogP contribution in [0.1, 0.15) is 60.8 Å². The molecule has 0 radical (unpaired) electrons. The van der Waals surface area contributed by atoms with Gasteiger partial charge in [0, 0.05) is 0 Å². The number of hydrogen-bond donors (Lipinski definition) is 1. The van der Waals surface area contributed by atoms with Gasteiger partial charge < -0.3 is 19.3 Å². The van der Waals surface area contributed by atoms with Crippen LogP contribution >= 0.6 is 0 Å². The topological polar surface area (TPSA) is 47.9 Å². The van der Waals surface area contributed by atoms with Crippen LogP contribution in [0.15, 0.2) is 0 Å². The quantitative estimate of drug-likeness (QED) is 0.600. The molecule has 4 atom stereocenters. The van der Waals surface area contributed by atoms with Crippen LogP contribution in [0.3, 0.4) is 0 Å². The minimum atomic E-state index is -0.136. The Morgan fingerprint density at radius 3 is 2.00 bits per heavy atom. The second kappa shape index (κ2) is 10.6. The molecule has 0 aromatic heterocycles. The fourth-order valence-electron chi connectivity index (χ4n) is 2.07. The predicted molar refractivity (Wildman–Crippen MR) is 82.1 cm³/mol. The van der Waals surface area contributed by atoms with Crippen molar-refractivity contribution in [2.24, 2.45) is 0 Å². The van der Waals surface area contributed by atoms with Crippen LogP contribution in [0.25, 0.3) is 0 Å². The summed E-state index contributed by atoms with van der Waals surface area (Å²) in [5.74, 6) is 0. The van der Waals surface area contributed by atoms with Gasteiger partial charge in [0.25, 0.3) is 0 Å². The molecule has 4 nitrogen and oxygen atoms in total. The summed E-state index contributed by atoms with van der Waals surface area (Å²) in [4.78, 5) is 0.